The van der Waals surface area contributed by atoms with E-state index in [1.54, 1.807) is 48.5 Å². The molecule has 0 saturated heterocycles. The van der Waals surface area contributed by atoms with E-state index in [9.17, 15) is 9.59 Å². The number of carbonyl (C=O) groups is 2. The molecule has 0 aromatic heterocycles. The molecule has 4 rings (SSSR count). The Labute approximate surface area is 167 Å². The van der Waals surface area contributed by atoms with Gasteiger partial charge in [0, 0.05) is 27.4 Å². The van der Waals surface area contributed by atoms with Crippen molar-refractivity contribution >= 4 is 40.6 Å². The molecule has 1 N–H and O–H groups in total. The Kier molecular flexibility index (Phi) is 4.96. The molecule has 0 bridgehead atoms. The number of halogens is 1. The molecule has 0 saturated carbocycles. The molecule has 28 heavy (non-hydrogen) atoms. The number of ether oxygens (including phenoxy) is 1. The van der Waals surface area contributed by atoms with E-state index < -0.39 is 0 Å². The summed E-state index contributed by atoms with van der Waals surface area (Å²) < 4.78 is 5.57. The number of ketones is 1. The van der Waals surface area contributed by atoms with E-state index in [2.05, 4.69) is 5.32 Å². The van der Waals surface area contributed by atoms with Crippen LogP contribution in [0.1, 0.15) is 21.5 Å². The van der Waals surface area contributed by atoms with Crippen molar-refractivity contribution in [3.8, 4) is 5.75 Å². The smallest absolute Gasteiger partial charge is 0.256 e. The van der Waals surface area contributed by atoms with Crippen LogP contribution in [0.2, 0.25) is 5.02 Å². The fourth-order valence-electron chi connectivity index (χ4n) is 2.99. The topological polar surface area (TPSA) is 55.4 Å². The van der Waals surface area contributed by atoms with Crippen molar-refractivity contribution < 1.29 is 14.3 Å². The Morgan fingerprint density at radius 1 is 1.00 bits per heavy atom. The minimum Gasteiger partial charge on any atom is -0.485 e. The van der Waals surface area contributed by atoms with Gasteiger partial charge < -0.3 is 10.1 Å². The largest absolute Gasteiger partial charge is 0.485 e. The Morgan fingerprint density at radius 3 is 2.50 bits per heavy atom. The summed E-state index contributed by atoms with van der Waals surface area (Å²) in [7, 11) is 0. The van der Waals surface area contributed by atoms with Gasteiger partial charge in [0.05, 0.1) is 0 Å². The Morgan fingerprint density at radius 2 is 1.75 bits per heavy atom. The van der Waals surface area contributed by atoms with E-state index in [0.717, 1.165) is 16.8 Å². The van der Waals surface area contributed by atoms with Crippen molar-refractivity contribution in [1.82, 2.24) is 0 Å². The molecule has 1 aliphatic heterocycles. The lowest BCUT2D eigenvalue weighted by Crippen LogP contribution is -2.11. The van der Waals surface area contributed by atoms with Crippen LogP contribution >= 0.6 is 11.6 Å². The minimum absolute atomic E-state index is 0.0290. The zero-order valence-corrected chi connectivity index (χ0v) is 15.6. The zero-order chi connectivity index (χ0) is 19.5. The summed E-state index contributed by atoms with van der Waals surface area (Å²) in [6.45, 7) is -0.0290. The number of nitrogens with one attached hydrogen (secondary N) is 1. The standard InChI is InChI=1S/C23H16ClNO3/c24-17-8-11-21-19(13-17)20(23(27)25-21)12-15-6-9-18(10-7-15)28-14-22(26)16-4-2-1-3-5-16/h1-13H,14H2,(H,25,27). The highest BCUT2D eigenvalue weighted by molar-refractivity contribution is 6.36. The average Bonchev–Trinajstić information content (AvgIpc) is 3.02. The lowest BCUT2D eigenvalue weighted by atomic mass is 10.0. The van der Waals surface area contributed by atoms with Gasteiger partial charge in [-0.3, -0.25) is 9.59 Å². The average molecular weight is 390 g/mol. The van der Waals surface area contributed by atoms with Crippen LogP contribution in [0.4, 0.5) is 5.69 Å². The lowest BCUT2D eigenvalue weighted by Gasteiger charge is -2.06. The van der Waals surface area contributed by atoms with Gasteiger partial charge in [0.1, 0.15) is 5.75 Å². The van der Waals surface area contributed by atoms with Crippen molar-refractivity contribution in [1.29, 1.82) is 0 Å². The van der Waals surface area contributed by atoms with E-state index in [4.69, 9.17) is 16.3 Å². The molecular weight excluding hydrogens is 374 g/mol. The van der Waals surface area contributed by atoms with Crippen LogP contribution in [0.25, 0.3) is 11.6 Å². The monoisotopic (exact) mass is 389 g/mol. The highest BCUT2D eigenvalue weighted by Crippen LogP contribution is 2.35. The predicted octanol–water partition coefficient (Wildman–Crippen LogP) is 5.09. The molecule has 3 aromatic rings. The van der Waals surface area contributed by atoms with Gasteiger partial charge in [0.15, 0.2) is 12.4 Å². The fraction of sp³-hybridized carbons (Fsp3) is 0.0435. The number of benzene rings is 3. The van der Waals surface area contributed by atoms with E-state index in [0.29, 0.717) is 21.9 Å². The van der Waals surface area contributed by atoms with E-state index in [1.807, 2.05) is 30.3 Å². The van der Waals surface area contributed by atoms with Crippen LogP contribution in [0, 0.1) is 0 Å². The van der Waals surface area contributed by atoms with E-state index in [-0.39, 0.29) is 18.3 Å². The third-order valence-corrected chi connectivity index (χ3v) is 4.66. The molecule has 1 aliphatic rings. The van der Waals surface area contributed by atoms with Crippen molar-refractivity contribution in [2.45, 2.75) is 0 Å². The molecule has 0 unspecified atom stereocenters. The highest BCUT2D eigenvalue weighted by Gasteiger charge is 2.24. The Balaban J connectivity index is 1.47. The maximum absolute atomic E-state index is 12.2. The molecule has 0 atom stereocenters. The van der Waals surface area contributed by atoms with Gasteiger partial charge in [-0.2, -0.15) is 0 Å². The van der Waals surface area contributed by atoms with Gasteiger partial charge in [-0.05, 0) is 42.0 Å². The molecule has 0 radical (unpaired) electrons. The van der Waals surface area contributed by atoms with Gasteiger partial charge >= 0.3 is 0 Å². The second kappa shape index (κ2) is 7.71. The number of Topliss-reactive ketones (excluding diaryl/α,β-unsaturated/α-hetero) is 1. The van der Waals surface area contributed by atoms with Crippen molar-refractivity contribution in [3.63, 3.8) is 0 Å². The number of rotatable bonds is 5. The minimum atomic E-state index is -0.161. The zero-order valence-electron chi connectivity index (χ0n) is 14.8. The number of carbonyl (C=O) groups excluding carboxylic acids is 2. The van der Waals surface area contributed by atoms with Gasteiger partial charge in [-0.25, -0.2) is 0 Å². The van der Waals surface area contributed by atoms with E-state index >= 15 is 0 Å². The maximum atomic E-state index is 12.2. The molecule has 1 heterocycles. The molecule has 4 nitrogen and oxygen atoms in total. The Hall–Kier alpha value is -3.37. The number of anilines is 1. The fourth-order valence-corrected chi connectivity index (χ4v) is 3.16. The number of amides is 1. The van der Waals surface area contributed by atoms with Crippen LogP contribution < -0.4 is 10.1 Å². The van der Waals surface area contributed by atoms with Crippen LogP contribution in [0.3, 0.4) is 0 Å². The van der Waals surface area contributed by atoms with Crippen LogP contribution in [-0.4, -0.2) is 18.3 Å². The molecule has 0 spiro atoms. The van der Waals surface area contributed by atoms with Crippen molar-refractivity contribution in [3.05, 3.63) is 94.5 Å². The molecule has 0 aliphatic carbocycles. The molecule has 0 fully saturated rings. The van der Waals surface area contributed by atoms with Crippen LogP contribution in [-0.2, 0) is 4.79 Å². The maximum Gasteiger partial charge on any atom is 0.256 e. The third kappa shape index (κ3) is 3.82. The number of hydrogen-bond acceptors (Lipinski definition) is 3. The lowest BCUT2D eigenvalue weighted by molar-refractivity contribution is -0.110. The summed E-state index contributed by atoms with van der Waals surface area (Å²) in [5.41, 5.74) is 3.56. The summed E-state index contributed by atoms with van der Waals surface area (Å²) in [5, 5.41) is 3.40. The predicted molar refractivity (Wildman–Crippen MR) is 111 cm³/mol. The van der Waals surface area contributed by atoms with Gasteiger partial charge in [0.2, 0.25) is 0 Å². The number of fused-ring (bicyclic) bond motifs is 1. The third-order valence-electron chi connectivity index (χ3n) is 4.42. The number of hydrogen-bond donors (Lipinski definition) is 1. The summed E-state index contributed by atoms with van der Waals surface area (Å²) in [4.78, 5) is 24.3. The second-order valence-electron chi connectivity index (χ2n) is 6.35. The Bertz CT molecular complexity index is 1070. The van der Waals surface area contributed by atoms with Crippen molar-refractivity contribution in [2.24, 2.45) is 0 Å². The van der Waals surface area contributed by atoms with Gasteiger partial charge in [0.25, 0.3) is 5.91 Å². The van der Waals surface area contributed by atoms with E-state index in [1.165, 1.54) is 0 Å². The second-order valence-corrected chi connectivity index (χ2v) is 6.79. The quantitative estimate of drug-likeness (QED) is 0.488. The molecule has 3 aromatic carbocycles. The SMILES string of the molecule is O=C1Nc2ccc(Cl)cc2C1=Cc1ccc(OCC(=O)c2ccccc2)cc1. The van der Waals surface area contributed by atoms with Gasteiger partial charge in [-0.15, -0.1) is 0 Å². The molecular formula is C23H16ClNO3. The first-order valence-electron chi connectivity index (χ1n) is 8.74. The van der Waals surface area contributed by atoms with Crippen LogP contribution in [0.15, 0.2) is 72.8 Å². The summed E-state index contributed by atoms with van der Waals surface area (Å²) in [6, 6.07) is 21.6. The first-order valence-corrected chi connectivity index (χ1v) is 9.12. The molecule has 138 valence electrons. The first kappa shape index (κ1) is 18.0. The normalized spacial score (nSPS) is 13.9. The summed E-state index contributed by atoms with van der Waals surface area (Å²) >= 11 is 6.05. The summed E-state index contributed by atoms with van der Waals surface area (Å²) in [6.07, 6.45) is 1.80. The highest BCUT2D eigenvalue weighted by atomic mass is 35.5. The van der Waals surface area contributed by atoms with Gasteiger partial charge in [-0.1, -0.05) is 54.1 Å². The first-order chi connectivity index (χ1) is 13.6. The molecule has 5 heteroatoms. The summed E-state index contributed by atoms with van der Waals surface area (Å²) in [5.74, 6) is 0.347. The molecule has 1 amide bonds. The van der Waals surface area contributed by atoms with Crippen LogP contribution in [0.5, 0.6) is 5.75 Å². The van der Waals surface area contributed by atoms with Crippen molar-refractivity contribution in [2.75, 3.05) is 11.9 Å².